The predicted octanol–water partition coefficient (Wildman–Crippen LogP) is 1.98. The minimum absolute atomic E-state index is 0.578. The molecule has 2 N–H and O–H groups in total. The zero-order chi connectivity index (χ0) is 13.1. The Bertz CT molecular complexity index is 760. The van der Waals surface area contributed by atoms with Crippen molar-refractivity contribution in [2.75, 3.05) is 6.54 Å². The zero-order valence-corrected chi connectivity index (χ0v) is 10.9. The fraction of sp³-hybridized carbons (Fsp3) is 0.176. The predicted molar refractivity (Wildman–Crippen MR) is 82.9 cm³/mol. The van der Waals surface area contributed by atoms with Crippen LogP contribution in [-0.2, 0) is 0 Å². The zero-order valence-electron chi connectivity index (χ0n) is 10.9. The van der Waals surface area contributed by atoms with E-state index in [-0.39, 0.29) is 0 Å². The maximum Gasteiger partial charge on any atom is 0.0534 e. The third-order valence-corrected chi connectivity index (χ3v) is 3.46. The summed E-state index contributed by atoms with van der Waals surface area (Å²) in [5.41, 5.74) is 6.71. The first-order chi connectivity index (χ1) is 9.42. The second-order valence-electron chi connectivity index (χ2n) is 4.68. The summed E-state index contributed by atoms with van der Waals surface area (Å²) in [6.45, 7) is 0.578. The smallest absolute Gasteiger partial charge is 0.0534 e. The SMILES string of the molecule is NC/C=C\C=C/n1c2c(c3ccccc31)=CCCC=2. The summed E-state index contributed by atoms with van der Waals surface area (Å²) in [5.74, 6) is 0. The average Bonchev–Trinajstić information content (AvgIpc) is 2.78. The molecule has 0 spiro atoms. The van der Waals surface area contributed by atoms with E-state index in [1.165, 1.54) is 21.5 Å². The molecule has 0 bridgehead atoms. The highest BCUT2D eigenvalue weighted by atomic mass is 14.9. The molecule has 3 rings (SSSR count). The lowest BCUT2D eigenvalue weighted by Gasteiger charge is -1.99. The van der Waals surface area contributed by atoms with Crippen LogP contribution in [0.15, 0.2) is 42.5 Å². The van der Waals surface area contributed by atoms with Crippen LogP contribution in [0.2, 0.25) is 0 Å². The molecule has 0 atom stereocenters. The number of hydrogen-bond donors (Lipinski definition) is 1. The van der Waals surface area contributed by atoms with Crippen molar-refractivity contribution in [3.63, 3.8) is 0 Å². The van der Waals surface area contributed by atoms with E-state index < -0.39 is 0 Å². The Hall–Kier alpha value is -2.06. The molecular weight excluding hydrogens is 232 g/mol. The van der Waals surface area contributed by atoms with Gasteiger partial charge in [0.05, 0.1) is 5.52 Å². The molecule has 1 heterocycles. The van der Waals surface area contributed by atoms with Crippen molar-refractivity contribution in [1.29, 1.82) is 0 Å². The highest BCUT2D eigenvalue weighted by molar-refractivity contribution is 5.84. The van der Waals surface area contributed by atoms with E-state index in [4.69, 9.17) is 5.73 Å². The van der Waals surface area contributed by atoms with Crippen LogP contribution in [0, 0.1) is 0 Å². The molecule has 0 radical (unpaired) electrons. The minimum Gasteiger partial charge on any atom is -0.327 e. The Balaban J connectivity index is 2.24. The van der Waals surface area contributed by atoms with E-state index in [1.54, 1.807) is 0 Å². The minimum atomic E-state index is 0.578. The molecule has 0 saturated carbocycles. The summed E-state index contributed by atoms with van der Waals surface area (Å²) in [6, 6.07) is 8.57. The lowest BCUT2D eigenvalue weighted by Crippen LogP contribution is -2.28. The molecule has 0 unspecified atom stereocenters. The lowest BCUT2D eigenvalue weighted by molar-refractivity contribution is 1.06. The van der Waals surface area contributed by atoms with Crippen molar-refractivity contribution in [2.45, 2.75) is 12.8 Å². The van der Waals surface area contributed by atoms with Crippen molar-refractivity contribution in [2.24, 2.45) is 5.73 Å². The van der Waals surface area contributed by atoms with Gasteiger partial charge in [-0.05, 0) is 25.0 Å². The molecule has 1 aromatic carbocycles. The Morgan fingerprint density at radius 3 is 2.84 bits per heavy atom. The Kier molecular flexibility index (Phi) is 3.34. The molecule has 1 aliphatic rings. The van der Waals surface area contributed by atoms with Crippen LogP contribution in [0.4, 0.5) is 0 Å². The Morgan fingerprint density at radius 2 is 1.95 bits per heavy atom. The normalized spacial score (nSPS) is 14.8. The number of hydrogen-bond acceptors (Lipinski definition) is 1. The third-order valence-electron chi connectivity index (χ3n) is 3.46. The number of allylic oxidation sites excluding steroid dienone is 2. The standard InChI is InChI=1S/C17H18N2/c18-12-6-1-7-13-19-16-10-4-2-8-14(16)15-9-3-5-11-17(15)19/h1-2,4,6-11,13H,3,5,12,18H2/b6-1-,13-7-. The van der Waals surface area contributed by atoms with Crippen LogP contribution in [0.5, 0.6) is 0 Å². The first-order valence-corrected chi connectivity index (χ1v) is 6.74. The molecule has 1 aliphatic carbocycles. The summed E-state index contributed by atoms with van der Waals surface area (Å²) in [6.07, 6.45) is 15.0. The number of aromatic nitrogens is 1. The van der Waals surface area contributed by atoms with Gasteiger partial charge in [-0.15, -0.1) is 0 Å². The summed E-state index contributed by atoms with van der Waals surface area (Å²) in [4.78, 5) is 0. The van der Waals surface area contributed by atoms with E-state index in [0.29, 0.717) is 6.54 Å². The first-order valence-electron chi connectivity index (χ1n) is 6.74. The monoisotopic (exact) mass is 250 g/mol. The van der Waals surface area contributed by atoms with E-state index in [2.05, 4.69) is 47.2 Å². The van der Waals surface area contributed by atoms with Gasteiger partial charge in [0.25, 0.3) is 0 Å². The van der Waals surface area contributed by atoms with Crippen LogP contribution in [-0.4, -0.2) is 11.1 Å². The van der Waals surface area contributed by atoms with Crippen LogP contribution in [0.1, 0.15) is 12.8 Å². The van der Waals surface area contributed by atoms with Crippen molar-refractivity contribution in [1.82, 2.24) is 4.57 Å². The maximum atomic E-state index is 5.45. The number of nitrogens with two attached hydrogens (primary N) is 1. The van der Waals surface area contributed by atoms with Gasteiger partial charge in [0.1, 0.15) is 0 Å². The number of nitrogens with zero attached hydrogens (tertiary/aromatic N) is 1. The average molecular weight is 250 g/mol. The second kappa shape index (κ2) is 5.29. The van der Waals surface area contributed by atoms with Crippen LogP contribution >= 0.6 is 0 Å². The van der Waals surface area contributed by atoms with Gasteiger partial charge in [0, 0.05) is 28.7 Å². The van der Waals surface area contributed by atoms with E-state index in [1.807, 2.05) is 18.2 Å². The molecule has 2 nitrogen and oxygen atoms in total. The fourth-order valence-corrected chi connectivity index (χ4v) is 2.63. The highest BCUT2D eigenvalue weighted by Crippen LogP contribution is 2.11. The lowest BCUT2D eigenvalue weighted by atomic mass is 10.1. The number of fused-ring (bicyclic) bond motifs is 3. The number of rotatable bonds is 3. The van der Waals surface area contributed by atoms with Gasteiger partial charge in [0.15, 0.2) is 0 Å². The van der Waals surface area contributed by atoms with E-state index >= 15 is 0 Å². The molecule has 0 aliphatic heterocycles. The van der Waals surface area contributed by atoms with Gasteiger partial charge in [-0.2, -0.15) is 0 Å². The third kappa shape index (κ3) is 2.15. The van der Waals surface area contributed by atoms with Crippen molar-refractivity contribution < 1.29 is 0 Å². The van der Waals surface area contributed by atoms with E-state index in [0.717, 1.165) is 12.8 Å². The van der Waals surface area contributed by atoms with Gasteiger partial charge < -0.3 is 10.3 Å². The second-order valence-corrected chi connectivity index (χ2v) is 4.68. The van der Waals surface area contributed by atoms with Crippen LogP contribution in [0.25, 0.3) is 29.3 Å². The number of para-hydroxylation sites is 1. The topological polar surface area (TPSA) is 30.9 Å². The first kappa shape index (κ1) is 12.0. The molecule has 0 fully saturated rings. The van der Waals surface area contributed by atoms with Gasteiger partial charge in [-0.3, -0.25) is 0 Å². The van der Waals surface area contributed by atoms with Crippen molar-refractivity contribution in [3.8, 4) is 0 Å². The Labute approximate surface area is 112 Å². The largest absolute Gasteiger partial charge is 0.327 e. The quantitative estimate of drug-likeness (QED) is 0.830. The van der Waals surface area contributed by atoms with Crippen LogP contribution < -0.4 is 16.3 Å². The van der Waals surface area contributed by atoms with Gasteiger partial charge in [-0.25, -0.2) is 0 Å². The van der Waals surface area contributed by atoms with Crippen LogP contribution in [0.3, 0.4) is 0 Å². The fourth-order valence-electron chi connectivity index (χ4n) is 2.63. The molecule has 19 heavy (non-hydrogen) atoms. The summed E-state index contributed by atoms with van der Waals surface area (Å²) < 4.78 is 2.27. The molecular formula is C17H18N2. The van der Waals surface area contributed by atoms with E-state index in [9.17, 15) is 0 Å². The van der Waals surface area contributed by atoms with Gasteiger partial charge in [0.2, 0.25) is 0 Å². The highest BCUT2D eigenvalue weighted by Gasteiger charge is 2.06. The molecule has 0 saturated heterocycles. The molecule has 0 amide bonds. The molecule has 2 aromatic rings. The Morgan fingerprint density at radius 1 is 1.11 bits per heavy atom. The summed E-state index contributed by atoms with van der Waals surface area (Å²) in [7, 11) is 0. The summed E-state index contributed by atoms with van der Waals surface area (Å²) in [5, 5.41) is 4.01. The summed E-state index contributed by atoms with van der Waals surface area (Å²) >= 11 is 0. The van der Waals surface area contributed by atoms with Gasteiger partial charge >= 0.3 is 0 Å². The molecule has 96 valence electrons. The van der Waals surface area contributed by atoms with Crippen molar-refractivity contribution in [3.05, 3.63) is 53.1 Å². The molecule has 2 heteroatoms. The maximum absolute atomic E-state index is 5.45. The van der Waals surface area contributed by atoms with Crippen molar-refractivity contribution >= 4 is 29.3 Å². The number of benzene rings is 1. The van der Waals surface area contributed by atoms with Gasteiger partial charge in [-0.1, -0.05) is 42.5 Å². The molecule has 1 aromatic heterocycles.